The Hall–Kier alpha value is -0.940. The second-order valence-corrected chi connectivity index (χ2v) is 3.23. The summed E-state index contributed by atoms with van der Waals surface area (Å²) in [6.45, 7) is 0.737. The number of nitrogens with two attached hydrogens (primary N) is 1. The maximum absolute atomic E-state index is 5.90. The van der Waals surface area contributed by atoms with Crippen LogP contribution in [0.5, 0.6) is 0 Å². The number of rotatable bonds is 2. The molecule has 2 N–H and O–H groups in total. The molecule has 1 unspecified atom stereocenters. The van der Waals surface area contributed by atoms with Gasteiger partial charge in [-0.2, -0.15) is 0 Å². The summed E-state index contributed by atoms with van der Waals surface area (Å²) in [5.41, 5.74) is 7.83. The number of ether oxygens (including phenoxy) is 1. The minimum atomic E-state index is -0.133. The van der Waals surface area contributed by atoms with Gasteiger partial charge in [0.15, 0.2) is 0 Å². The Morgan fingerprint density at radius 1 is 1.67 bits per heavy atom. The van der Waals surface area contributed by atoms with Gasteiger partial charge >= 0.3 is 0 Å². The lowest BCUT2D eigenvalue weighted by molar-refractivity contribution is 0.281. The molecule has 5 heteroatoms. The smallest absolute Gasteiger partial charge is 0.0965 e. The molecule has 1 aliphatic rings. The Balaban J connectivity index is 2.14. The first-order valence-electron chi connectivity index (χ1n) is 3.71. The summed E-state index contributed by atoms with van der Waals surface area (Å²) < 4.78 is 8.85. The van der Waals surface area contributed by atoms with Crippen LogP contribution >= 0.6 is 11.5 Å². The highest BCUT2D eigenvalue weighted by Crippen LogP contribution is 2.23. The Bertz CT molecular complexity index is 283. The molecule has 1 aromatic rings. The third-order valence-electron chi connectivity index (χ3n) is 1.84. The van der Waals surface area contributed by atoms with Crippen molar-refractivity contribution in [3.8, 4) is 0 Å². The first kappa shape index (κ1) is 7.70. The third kappa shape index (κ3) is 1.33. The molecule has 64 valence electrons. The van der Waals surface area contributed by atoms with Crippen LogP contribution in [0.1, 0.15) is 18.2 Å². The van der Waals surface area contributed by atoms with Gasteiger partial charge in [-0.15, -0.1) is 5.10 Å². The SMILES string of the molecule is NC(C1=COCC1)c1csnn1. The average Bonchev–Trinajstić information content (AvgIpc) is 2.77. The van der Waals surface area contributed by atoms with E-state index in [0.29, 0.717) is 0 Å². The number of hydrogen-bond donors (Lipinski definition) is 1. The summed E-state index contributed by atoms with van der Waals surface area (Å²) in [7, 11) is 0. The van der Waals surface area contributed by atoms with Crippen LogP contribution in [0.2, 0.25) is 0 Å². The fourth-order valence-electron chi connectivity index (χ4n) is 1.13. The van der Waals surface area contributed by atoms with Gasteiger partial charge in [0.1, 0.15) is 0 Å². The second-order valence-electron chi connectivity index (χ2n) is 2.62. The van der Waals surface area contributed by atoms with Crippen molar-refractivity contribution < 1.29 is 4.74 Å². The third-order valence-corrected chi connectivity index (χ3v) is 2.36. The van der Waals surface area contributed by atoms with Gasteiger partial charge in [0.05, 0.1) is 24.6 Å². The van der Waals surface area contributed by atoms with E-state index in [1.807, 2.05) is 5.38 Å². The molecule has 0 aromatic carbocycles. The molecule has 12 heavy (non-hydrogen) atoms. The summed E-state index contributed by atoms with van der Waals surface area (Å²) >= 11 is 1.32. The molecule has 1 aliphatic heterocycles. The van der Waals surface area contributed by atoms with Crippen LogP contribution < -0.4 is 5.73 Å². The van der Waals surface area contributed by atoms with E-state index in [1.54, 1.807) is 6.26 Å². The molecule has 2 heterocycles. The van der Waals surface area contributed by atoms with Gasteiger partial charge in [0.25, 0.3) is 0 Å². The standard InChI is InChI=1S/C7H9N3OS/c8-7(5-1-2-11-3-5)6-4-12-10-9-6/h3-4,7H,1-2,8H2. The summed E-state index contributed by atoms with van der Waals surface area (Å²) in [5, 5.41) is 5.77. The second kappa shape index (κ2) is 3.20. The summed E-state index contributed by atoms with van der Waals surface area (Å²) in [6, 6.07) is -0.133. The highest BCUT2D eigenvalue weighted by atomic mass is 32.1. The van der Waals surface area contributed by atoms with Crippen molar-refractivity contribution in [1.82, 2.24) is 9.59 Å². The van der Waals surface area contributed by atoms with Crippen LogP contribution in [-0.2, 0) is 4.74 Å². The summed E-state index contributed by atoms with van der Waals surface area (Å²) in [6.07, 6.45) is 2.63. The molecular weight excluding hydrogens is 174 g/mol. The zero-order valence-electron chi connectivity index (χ0n) is 6.43. The first-order chi connectivity index (χ1) is 5.88. The van der Waals surface area contributed by atoms with Gasteiger partial charge in [-0.1, -0.05) is 4.49 Å². The molecule has 0 bridgehead atoms. The quantitative estimate of drug-likeness (QED) is 0.738. The molecule has 0 spiro atoms. The van der Waals surface area contributed by atoms with Crippen molar-refractivity contribution in [2.75, 3.05) is 6.61 Å². The van der Waals surface area contributed by atoms with Gasteiger partial charge in [0, 0.05) is 11.8 Å². The van der Waals surface area contributed by atoms with Gasteiger partial charge in [-0.25, -0.2) is 0 Å². The predicted molar refractivity (Wildman–Crippen MR) is 45.5 cm³/mol. The summed E-state index contributed by atoms with van der Waals surface area (Å²) in [5.74, 6) is 0. The Kier molecular flexibility index (Phi) is 2.05. The van der Waals surface area contributed by atoms with Crippen molar-refractivity contribution in [2.24, 2.45) is 5.73 Å². The lowest BCUT2D eigenvalue weighted by atomic mass is 10.1. The number of nitrogens with zero attached hydrogens (tertiary/aromatic N) is 2. The van der Waals surface area contributed by atoms with Crippen LogP contribution in [-0.4, -0.2) is 16.2 Å². The Morgan fingerprint density at radius 3 is 3.17 bits per heavy atom. The van der Waals surface area contributed by atoms with E-state index in [1.165, 1.54) is 11.5 Å². The van der Waals surface area contributed by atoms with E-state index in [-0.39, 0.29) is 6.04 Å². The molecule has 0 amide bonds. The molecule has 1 aromatic heterocycles. The van der Waals surface area contributed by atoms with E-state index in [9.17, 15) is 0 Å². The maximum atomic E-state index is 5.90. The molecule has 0 radical (unpaired) electrons. The highest BCUT2D eigenvalue weighted by Gasteiger charge is 2.17. The van der Waals surface area contributed by atoms with E-state index in [2.05, 4.69) is 9.59 Å². The summed E-state index contributed by atoms with van der Waals surface area (Å²) in [4.78, 5) is 0. The highest BCUT2D eigenvalue weighted by molar-refractivity contribution is 7.03. The number of hydrogen-bond acceptors (Lipinski definition) is 5. The minimum Gasteiger partial charge on any atom is -0.501 e. The van der Waals surface area contributed by atoms with Gasteiger partial charge in [-0.3, -0.25) is 0 Å². The van der Waals surface area contributed by atoms with E-state index < -0.39 is 0 Å². The van der Waals surface area contributed by atoms with E-state index in [0.717, 1.165) is 24.3 Å². The Labute approximate surface area is 74.2 Å². The van der Waals surface area contributed by atoms with Gasteiger partial charge < -0.3 is 10.5 Å². The normalized spacial score (nSPS) is 18.6. The van der Waals surface area contributed by atoms with Crippen LogP contribution in [0.25, 0.3) is 0 Å². The average molecular weight is 183 g/mol. The number of aromatic nitrogens is 2. The fourth-order valence-corrected chi connectivity index (χ4v) is 1.62. The van der Waals surface area contributed by atoms with Crippen molar-refractivity contribution in [3.63, 3.8) is 0 Å². The molecule has 1 atom stereocenters. The van der Waals surface area contributed by atoms with E-state index >= 15 is 0 Å². The lowest BCUT2D eigenvalue weighted by Crippen LogP contribution is -2.12. The monoisotopic (exact) mass is 183 g/mol. The fraction of sp³-hybridized carbons (Fsp3) is 0.429. The minimum absolute atomic E-state index is 0.133. The van der Waals surface area contributed by atoms with Crippen molar-refractivity contribution in [1.29, 1.82) is 0 Å². The van der Waals surface area contributed by atoms with Crippen LogP contribution in [0.15, 0.2) is 17.2 Å². The lowest BCUT2D eigenvalue weighted by Gasteiger charge is -2.06. The maximum Gasteiger partial charge on any atom is 0.0965 e. The van der Waals surface area contributed by atoms with Gasteiger partial charge in [0.2, 0.25) is 0 Å². The van der Waals surface area contributed by atoms with Crippen LogP contribution in [0, 0.1) is 0 Å². The predicted octanol–water partition coefficient (Wildman–Crippen LogP) is 0.842. The van der Waals surface area contributed by atoms with Crippen molar-refractivity contribution >= 4 is 11.5 Å². The topological polar surface area (TPSA) is 61.0 Å². The largest absolute Gasteiger partial charge is 0.501 e. The molecular formula is C7H9N3OS. The van der Waals surface area contributed by atoms with Crippen LogP contribution in [0.3, 0.4) is 0 Å². The first-order valence-corrected chi connectivity index (χ1v) is 4.54. The molecule has 2 rings (SSSR count). The van der Waals surface area contributed by atoms with Crippen molar-refractivity contribution in [2.45, 2.75) is 12.5 Å². The molecule has 0 saturated heterocycles. The van der Waals surface area contributed by atoms with Gasteiger partial charge in [-0.05, 0) is 17.1 Å². The zero-order chi connectivity index (χ0) is 8.39. The zero-order valence-corrected chi connectivity index (χ0v) is 7.25. The van der Waals surface area contributed by atoms with Crippen LogP contribution in [0.4, 0.5) is 0 Å². The Morgan fingerprint density at radius 2 is 2.58 bits per heavy atom. The molecule has 4 nitrogen and oxygen atoms in total. The molecule has 0 fully saturated rings. The van der Waals surface area contributed by atoms with E-state index in [4.69, 9.17) is 10.5 Å². The van der Waals surface area contributed by atoms with Crippen molar-refractivity contribution in [3.05, 3.63) is 22.9 Å². The molecule has 0 aliphatic carbocycles. The molecule has 0 saturated carbocycles.